The van der Waals surface area contributed by atoms with Crippen molar-refractivity contribution in [3.8, 4) is 0 Å². The minimum absolute atomic E-state index is 0.178. The molecule has 10 heteroatoms. The number of rotatable bonds is 8. The fraction of sp³-hybridized carbons (Fsp3) is 0.200. The van der Waals surface area contributed by atoms with E-state index >= 15 is 0 Å². The summed E-state index contributed by atoms with van der Waals surface area (Å²) >= 11 is 6.09. The van der Waals surface area contributed by atoms with Crippen LogP contribution < -0.4 is 0 Å². The predicted octanol–water partition coefficient (Wildman–Crippen LogP) is 5.13. The summed E-state index contributed by atoms with van der Waals surface area (Å²) in [6.07, 6.45) is -0.331. The number of imidazole rings is 1. The number of benzene rings is 3. The Morgan fingerprint density at radius 3 is 1.90 bits per heavy atom. The molecule has 2 heterocycles. The highest BCUT2D eigenvalue weighted by Gasteiger charge is 2.60. The van der Waals surface area contributed by atoms with Gasteiger partial charge in [-0.2, -0.15) is 0 Å². The Balaban J connectivity index is 1.49. The van der Waals surface area contributed by atoms with Gasteiger partial charge in [0.1, 0.15) is 17.9 Å². The van der Waals surface area contributed by atoms with E-state index in [4.69, 9.17) is 30.5 Å². The lowest BCUT2D eigenvalue weighted by atomic mass is 9.95. The van der Waals surface area contributed by atoms with E-state index < -0.39 is 41.9 Å². The first-order valence-corrected chi connectivity index (χ1v) is 12.8. The van der Waals surface area contributed by atoms with Crippen LogP contribution in [-0.2, 0) is 18.9 Å². The van der Waals surface area contributed by atoms with Gasteiger partial charge in [-0.25, -0.2) is 19.4 Å². The van der Waals surface area contributed by atoms with Gasteiger partial charge in [-0.3, -0.25) is 0 Å². The fourth-order valence-electron chi connectivity index (χ4n) is 4.52. The third kappa shape index (κ3) is 5.75. The summed E-state index contributed by atoms with van der Waals surface area (Å²) in [6.45, 7) is 1.30. The second kappa shape index (κ2) is 11.7. The minimum atomic E-state index is -1.59. The largest absolute Gasteiger partial charge is 0.459 e. The Kier molecular flexibility index (Phi) is 7.95. The van der Waals surface area contributed by atoms with Crippen LogP contribution in [0.25, 0.3) is 0 Å². The molecule has 1 aliphatic rings. The van der Waals surface area contributed by atoms with Crippen LogP contribution in [0.1, 0.15) is 44.2 Å². The molecule has 4 atom stereocenters. The molecule has 5 rings (SSSR count). The molecular weight excluding hydrogens is 536 g/mol. The number of hydrogen-bond acceptors (Lipinski definition) is 8. The van der Waals surface area contributed by atoms with Crippen molar-refractivity contribution < 1.29 is 33.3 Å². The van der Waals surface area contributed by atoms with Crippen molar-refractivity contribution in [2.24, 2.45) is 0 Å². The average Bonchev–Trinajstić information content (AvgIpc) is 3.53. The molecule has 40 heavy (non-hydrogen) atoms. The molecule has 204 valence electrons. The summed E-state index contributed by atoms with van der Waals surface area (Å²) in [7, 11) is 0. The summed E-state index contributed by atoms with van der Waals surface area (Å²) < 4.78 is 25.4. The molecule has 0 bridgehead atoms. The first kappa shape index (κ1) is 27.1. The number of carbonyl (C=O) groups excluding carboxylic acids is 3. The van der Waals surface area contributed by atoms with Crippen LogP contribution in [0, 0.1) is 0 Å². The maximum atomic E-state index is 13.3. The Morgan fingerprint density at radius 2 is 1.38 bits per heavy atom. The van der Waals surface area contributed by atoms with Gasteiger partial charge in [-0.15, -0.1) is 0 Å². The highest BCUT2D eigenvalue weighted by molar-refractivity contribution is 6.29. The Labute approximate surface area is 235 Å². The summed E-state index contributed by atoms with van der Waals surface area (Å²) in [4.78, 5) is 43.3. The summed E-state index contributed by atoms with van der Waals surface area (Å²) in [5, 5.41) is 0.178. The zero-order chi connectivity index (χ0) is 28.1. The van der Waals surface area contributed by atoms with Gasteiger partial charge in [0.25, 0.3) is 0 Å². The molecule has 0 radical (unpaired) electrons. The first-order chi connectivity index (χ1) is 19.3. The fourth-order valence-corrected chi connectivity index (χ4v) is 4.68. The normalized spacial score (nSPS) is 21.9. The maximum Gasteiger partial charge on any atom is 0.338 e. The Bertz CT molecular complexity index is 1480. The van der Waals surface area contributed by atoms with Gasteiger partial charge < -0.3 is 23.5 Å². The lowest BCUT2D eigenvalue weighted by molar-refractivity contribution is -0.110. The van der Waals surface area contributed by atoms with E-state index in [1.807, 2.05) is 0 Å². The highest BCUT2D eigenvalue weighted by atomic mass is 35.5. The van der Waals surface area contributed by atoms with Gasteiger partial charge in [-0.1, -0.05) is 66.2 Å². The third-order valence-corrected chi connectivity index (χ3v) is 6.69. The quantitative estimate of drug-likeness (QED) is 0.216. The van der Waals surface area contributed by atoms with E-state index in [9.17, 15) is 14.4 Å². The SMILES string of the molecule is C[C@@]1(OC(=O)c2ccccc2)[C@H](OC(=O)c2ccccc2)[C@@H](COC(=O)c2ccccc2)O[C@H]1n1cnc(Cl)c1. The molecule has 0 unspecified atom stereocenters. The molecule has 1 saturated heterocycles. The van der Waals surface area contributed by atoms with E-state index in [2.05, 4.69) is 4.98 Å². The molecular formula is C30H25ClN2O7. The molecule has 0 amide bonds. The minimum Gasteiger partial charge on any atom is -0.459 e. The van der Waals surface area contributed by atoms with E-state index in [1.165, 1.54) is 17.1 Å². The number of esters is 3. The van der Waals surface area contributed by atoms with Crippen LogP contribution in [0.5, 0.6) is 0 Å². The first-order valence-electron chi connectivity index (χ1n) is 12.5. The van der Waals surface area contributed by atoms with Gasteiger partial charge in [0.15, 0.2) is 17.9 Å². The molecule has 0 N–H and O–H groups in total. The molecule has 1 aliphatic heterocycles. The van der Waals surface area contributed by atoms with Crippen molar-refractivity contribution in [2.75, 3.05) is 6.61 Å². The lowest BCUT2D eigenvalue weighted by Gasteiger charge is -2.34. The van der Waals surface area contributed by atoms with Gasteiger partial charge in [-0.05, 0) is 43.3 Å². The highest BCUT2D eigenvalue weighted by Crippen LogP contribution is 2.44. The molecule has 1 aromatic heterocycles. The van der Waals surface area contributed by atoms with Crippen LogP contribution in [-0.4, -0.2) is 51.9 Å². The van der Waals surface area contributed by atoms with Gasteiger partial charge in [0, 0.05) is 6.20 Å². The molecule has 1 fully saturated rings. The molecule has 4 aromatic rings. The van der Waals surface area contributed by atoms with Crippen LogP contribution in [0.4, 0.5) is 0 Å². The van der Waals surface area contributed by atoms with E-state index in [-0.39, 0.29) is 17.3 Å². The number of carbonyl (C=O) groups is 3. The van der Waals surface area contributed by atoms with Crippen molar-refractivity contribution >= 4 is 29.5 Å². The number of hydrogen-bond donors (Lipinski definition) is 0. The Morgan fingerprint density at radius 1 is 0.850 bits per heavy atom. The van der Waals surface area contributed by atoms with Gasteiger partial charge in [0.05, 0.1) is 23.0 Å². The van der Waals surface area contributed by atoms with Crippen molar-refractivity contribution in [3.05, 3.63) is 125 Å². The standard InChI is InChI=1S/C30H25ClN2O7/c1-30(40-28(36)22-15-9-4-10-16-22)25(39-27(35)21-13-7-3-8-14-21)23(38-29(30)33-17-24(31)32-19-33)18-37-26(34)20-11-5-2-6-12-20/h2-17,19,23,25,29H,18H2,1H3/t23-,25-,29-,30-/m1/s1. The lowest BCUT2D eigenvalue weighted by Crippen LogP contribution is -2.50. The van der Waals surface area contributed by atoms with Gasteiger partial charge in [0.2, 0.25) is 0 Å². The van der Waals surface area contributed by atoms with Crippen molar-refractivity contribution in [2.45, 2.75) is 31.0 Å². The smallest absolute Gasteiger partial charge is 0.338 e. The molecule has 0 spiro atoms. The monoisotopic (exact) mass is 560 g/mol. The maximum absolute atomic E-state index is 13.3. The number of nitrogens with zero attached hydrogens (tertiary/aromatic N) is 2. The van der Waals surface area contributed by atoms with Crippen molar-refractivity contribution in [1.29, 1.82) is 0 Å². The molecule has 3 aromatic carbocycles. The zero-order valence-corrected chi connectivity index (χ0v) is 22.1. The zero-order valence-electron chi connectivity index (χ0n) is 21.4. The predicted molar refractivity (Wildman–Crippen MR) is 144 cm³/mol. The molecule has 9 nitrogen and oxygen atoms in total. The summed E-state index contributed by atoms with van der Waals surface area (Å²) in [6, 6.07) is 25.2. The van der Waals surface area contributed by atoms with E-state index in [1.54, 1.807) is 97.9 Å². The van der Waals surface area contributed by atoms with Gasteiger partial charge >= 0.3 is 17.9 Å². The van der Waals surface area contributed by atoms with Crippen LogP contribution in [0.15, 0.2) is 104 Å². The summed E-state index contributed by atoms with van der Waals surface area (Å²) in [5.74, 6) is -1.92. The average molecular weight is 561 g/mol. The van der Waals surface area contributed by atoms with Crippen LogP contribution in [0.2, 0.25) is 5.15 Å². The number of aromatic nitrogens is 2. The van der Waals surface area contributed by atoms with E-state index in [0.29, 0.717) is 11.1 Å². The third-order valence-electron chi connectivity index (χ3n) is 6.49. The van der Waals surface area contributed by atoms with Crippen molar-refractivity contribution in [1.82, 2.24) is 9.55 Å². The summed E-state index contributed by atoms with van der Waals surface area (Å²) in [5.41, 5.74) is -0.674. The Hall–Kier alpha value is -4.47. The second-order valence-electron chi connectivity index (χ2n) is 9.27. The topological polar surface area (TPSA) is 106 Å². The van der Waals surface area contributed by atoms with Crippen molar-refractivity contribution in [3.63, 3.8) is 0 Å². The van der Waals surface area contributed by atoms with Crippen LogP contribution in [0.3, 0.4) is 0 Å². The second-order valence-corrected chi connectivity index (χ2v) is 9.65. The van der Waals surface area contributed by atoms with E-state index in [0.717, 1.165) is 0 Å². The molecule has 0 saturated carbocycles. The number of ether oxygens (including phenoxy) is 4. The number of halogens is 1. The molecule has 0 aliphatic carbocycles. The van der Waals surface area contributed by atoms with Crippen LogP contribution >= 0.6 is 11.6 Å².